The molecule has 1 atom stereocenters. The number of benzene rings is 2. The molecule has 0 aliphatic carbocycles. The molecule has 0 saturated heterocycles. The van der Waals surface area contributed by atoms with Crippen LogP contribution in [-0.2, 0) is 14.3 Å². The van der Waals surface area contributed by atoms with Crippen molar-refractivity contribution in [3.8, 4) is 17.2 Å². The number of nitriles is 1. The molecule has 0 saturated carbocycles. The Bertz CT molecular complexity index is 1050. The van der Waals surface area contributed by atoms with E-state index in [4.69, 9.17) is 10.5 Å². The van der Waals surface area contributed by atoms with Gasteiger partial charge in [-0.25, -0.2) is 4.79 Å². The molecule has 2 aromatic rings. The van der Waals surface area contributed by atoms with Crippen LogP contribution in [0.15, 0.2) is 77.4 Å². The third-order valence-electron chi connectivity index (χ3n) is 4.52. The lowest BCUT2D eigenvalue weighted by Gasteiger charge is -2.28. The Morgan fingerprint density at radius 3 is 2.27 bits per heavy atom. The van der Waals surface area contributed by atoms with Crippen molar-refractivity contribution in [2.45, 2.75) is 19.0 Å². The molecule has 2 aromatic carbocycles. The zero-order valence-electron chi connectivity index (χ0n) is 15.9. The van der Waals surface area contributed by atoms with Crippen molar-refractivity contribution in [3.63, 3.8) is 0 Å². The van der Waals surface area contributed by atoms with Crippen molar-refractivity contribution in [1.82, 2.24) is 0 Å². The molecular formula is C22H17F3N2O3. The van der Waals surface area contributed by atoms with Crippen molar-refractivity contribution in [1.29, 1.82) is 5.26 Å². The van der Waals surface area contributed by atoms with Gasteiger partial charge < -0.3 is 15.2 Å². The number of halogens is 3. The van der Waals surface area contributed by atoms with Crippen LogP contribution >= 0.6 is 0 Å². The smallest absolute Gasteiger partial charge is 0.450 e. The summed E-state index contributed by atoms with van der Waals surface area (Å²) in [5, 5.41) is 9.52. The van der Waals surface area contributed by atoms with E-state index in [-0.39, 0.29) is 17.7 Å². The van der Waals surface area contributed by atoms with E-state index < -0.39 is 35.3 Å². The molecular weight excluding hydrogens is 397 g/mol. The van der Waals surface area contributed by atoms with E-state index >= 15 is 0 Å². The lowest BCUT2D eigenvalue weighted by atomic mass is 9.82. The van der Waals surface area contributed by atoms with E-state index in [9.17, 15) is 23.2 Å². The highest BCUT2D eigenvalue weighted by atomic mass is 19.4. The summed E-state index contributed by atoms with van der Waals surface area (Å²) in [4.78, 5) is 12.5. The Balaban J connectivity index is 2.16. The second-order valence-corrected chi connectivity index (χ2v) is 6.37. The van der Waals surface area contributed by atoms with Crippen LogP contribution in [0.1, 0.15) is 18.4 Å². The van der Waals surface area contributed by atoms with Crippen molar-refractivity contribution >= 4 is 5.97 Å². The van der Waals surface area contributed by atoms with Crippen molar-refractivity contribution in [3.05, 3.63) is 82.9 Å². The number of nitrogens with zero attached hydrogens (tertiary/aromatic N) is 1. The number of esters is 1. The highest BCUT2D eigenvalue weighted by molar-refractivity contribution is 5.93. The van der Waals surface area contributed by atoms with Crippen molar-refractivity contribution in [2.75, 3.05) is 6.61 Å². The van der Waals surface area contributed by atoms with Crippen LogP contribution in [0.3, 0.4) is 0 Å². The fraction of sp³-hybridized carbons (Fsp3) is 0.182. The molecule has 0 amide bonds. The third-order valence-corrected chi connectivity index (χ3v) is 4.52. The summed E-state index contributed by atoms with van der Waals surface area (Å²) in [6.45, 7) is 1.32. The average Bonchev–Trinajstić information content (AvgIpc) is 2.73. The monoisotopic (exact) mass is 414 g/mol. The first kappa shape index (κ1) is 21.0. The van der Waals surface area contributed by atoms with E-state index in [1.54, 1.807) is 30.3 Å². The zero-order valence-corrected chi connectivity index (χ0v) is 15.9. The SMILES string of the molecule is CCOC(=O)C1=C(C(F)(F)F)OC(N)=C(C#N)[C@H]1c1ccc(-c2ccccc2)cc1. The van der Waals surface area contributed by atoms with Crippen LogP contribution in [0.2, 0.25) is 0 Å². The van der Waals surface area contributed by atoms with E-state index in [0.29, 0.717) is 0 Å². The van der Waals surface area contributed by atoms with Gasteiger partial charge in [0.05, 0.1) is 18.1 Å². The Morgan fingerprint density at radius 1 is 1.13 bits per heavy atom. The number of nitrogens with two attached hydrogens (primary N) is 1. The van der Waals surface area contributed by atoms with E-state index in [1.807, 2.05) is 30.3 Å². The Kier molecular flexibility index (Phi) is 5.83. The number of ether oxygens (including phenoxy) is 2. The molecule has 2 N–H and O–H groups in total. The lowest BCUT2D eigenvalue weighted by molar-refractivity contribution is -0.145. The van der Waals surface area contributed by atoms with Gasteiger partial charge in [0.2, 0.25) is 11.6 Å². The first-order valence-electron chi connectivity index (χ1n) is 8.99. The molecule has 1 heterocycles. The molecule has 8 heteroatoms. The summed E-state index contributed by atoms with van der Waals surface area (Å²) < 4.78 is 50.4. The second kappa shape index (κ2) is 8.33. The maximum atomic E-state index is 13.6. The van der Waals surface area contributed by atoms with Crippen LogP contribution in [0, 0.1) is 11.3 Å². The highest BCUT2D eigenvalue weighted by Gasteiger charge is 2.48. The van der Waals surface area contributed by atoms with E-state index in [0.717, 1.165) is 11.1 Å². The van der Waals surface area contributed by atoms with Gasteiger partial charge in [-0.1, -0.05) is 54.6 Å². The number of carbonyl (C=O) groups is 1. The standard InChI is InChI=1S/C22H17F3N2O3/c1-2-29-21(28)18-17(16(12-26)20(27)30-19(18)22(23,24)25)15-10-8-14(9-11-15)13-6-4-3-5-7-13/h3-11,17H,2,27H2,1H3/t17-/m1/s1. The molecule has 0 unspecified atom stereocenters. The summed E-state index contributed by atoms with van der Waals surface area (Å²) in [5.41, 5.74) is 6.52. The molecule has 0 fully saturated rings. The summed E-state index contributed by atoms with van der Waals surface area (Å²) >= 11 is 0. The number of alkyl halides is 3. The van der Waals surface area contributed by atoms with E-state index in [2.05, 4.69) is 4.74 Å². The summed E-state index contributed by atoms with van der Waals surface area (Å²) in [6.07, 6.45) is -5.00. The molecule has 5 nitrogen and oxygen atoms in total. The number of carbonyl (C=O) groups excluding carboxylic acids is 1. The van der Waals surface area contributed by atoms with Crippen LogP contribution in [0.5, 0.6) is 0 Å². The fourth-order valence-electron chi connectivity index (χ4n) is 3.22. The molecule has 154 valence electrons. The molecule has 0 bridgehead atoms. The molecule has 0 spiro atoms. The van der Waals surface area contributed by atoms with Gasteiger partial charge in [0, 0.05) is 0 Å². The van der Waals surface area contributed by atoms with Gasteiger partial charge in [0.1, 0.15) is 11.6 Å². The maximum Gasteiger partial charge on any atom is 0.450 e. The Morgan fingerprint density at radius 2 is 1.73 bits per heavy atom. The number of allylic oxidation sites excluding steroid dienone is 2. The van der Waals surface area contributed by atoms with Crippen LogP contribution in [-0.4, -0.2) is 18.8 Å². The molecule has 0 radical (unpaired) electrons. The Hall–Kier alpha value is -3.73. The Labute approximate surface area is 170 Å². The number of rotatable bonds is 4. The largest absolute Gasteiger partial charge is 0.463 e. The van der Waals surface area contributed by atoms with Gasteiger partial charge in [-0.3, -0.25) is 0 Å². The van der Waals surface area contributed by atoms with Gasteiger partial charge in [-0.15, -0.1) is 0 Å². The van der Waals surface area contributed by atoms with E-state index in [1.165, 1.54) is 6.92 Å². The minimum atomic E-state index is -5.00. The third kappa shape index (κ3) is 4.01. The first-order chi connectivity index (χ1) is 14.3. The van der Waals surface area contributed by atoms with Crippen LogP contribution in [0.4, 0.5) is 13.2 Å². The summed E-state index contributed by atoms with van der Waals surface area (Å²) in [6, 6.07) is 17.6. The molecule has 30 heavy (non-hydrogen) atoms. The van der Waals surface area contributed by atoms with Gasteiger partial charge in [0.25, 0.3) is 0 Å². The second-order valence-electron chi connectivity index (χ2n) is 6.37. The molecule has 0 aromatic heterocycles. The first-order valence-corrected chi connectivity index (χ1v) is 8.99. The number of hydrogen-bond donors (Lipinski definition) is 1. The average molecular weight is 414 g/mol. The van der Waals surface area contributed by atoms with Gasteiger partial charge in [-0.2, -0.15) is 18.4 Å². The fourth-order valence-corrected chi connectivity index (χ4v) is 3.22. The quantitative estimate of drug-likeness (QED) is 0.743. The van der Waals surface area contributed by atoms with Crippen molar-refractivity contribution in [2.24, 2.45) is 5.73 Å². The summed E-state index contributed by atoms with van der Waals surface area (Å²) in [7, 11) is 0. The molecule has 3 rings (SSSR count). The minimum Gasteiger partial charge on any atom is -0.463 e. The summed E-state index contributed by atoms with van der Waals surface area (Å²) in [5.74, 6) is -4.86. The predicted molar refractivity (Wildman–Crippen MR) is 102 cm³/mol. The van der Waals surface area contributed by atoms with Gasteiger partial charge in [0.15, 0.2) is 0 Å². The molecule has 1 aliphatic rings. The normalized spacial score (nSPS) is 16.7. The minimum absolute atomic E-state index is 0.145. The van der Waals surface area contributed by atoms with Crippen molar-refractivity contribution < 1.29 is 27.4 Å². The topological polar surface area (TPSA) is 85.3 Å². The van der Waals surface area contributed by atoms with Gasteiger partial charge in [-0.05, 0) is 23.6 Å². The predicted octanol–water partition coefficient (Wildman–Crippen LogP) is 4.54. The van der Waals surface area contributed by atoms with Crippen LogP contribution in [0.25, 0.3) is 11.1 Å². The number of hydrogen-bond acceptors (Lipinski definition) is 5. The zero-order chi connectivity index (χ0) is 21.9. The van der Waals surface area contributed by atoms with Gasteiger partial charge >= 0.3 is 12.1 Å². The lowest BCUT2D eigenvalue weighted by Crippen LogP contribution is -2.31. The van der Waals surface area contributed by atoms with Crippen LogP contribution < -0.4 is 5.73 Å². The maximum absolute atomic E-state index is 13.6. The highest BCUT2D eigenvalue weighted by Crippen LogP contribution is 2.44. The molecule has 1 aliphatic heterocycles.